The SMILES string of the molecule is CCOC(=O)C1=C(COC(=O)c2cccc(N3CCCS3(=O)=O)c2)NC(=O)NC1c1ccccc1. The number of urea groups is 1. The van der Waals surface area contributed by atoms with E-state index in [4.69, 9.17) is 9.47 Å². The van der Waals surface area contributed by atoms with Crippen LogP contribution in [0.2, 0.25) is 0 Å². The Labute approximate surface area is 202 Å². The molecule has 2 aromatic rings. The van der Waals surface area contributed by atoms with Crippen molar-refractivity contribution in [1.82, 2.24) is 10.6 Å². The standard InChI is InChI=1S/C24H25N3O7S/c1-2-33-23(29)20-19(25-24(30)26-21(20)16-8-4-3-5-9-16)15-34-22(28)17-10-6-11-18(14-17)27-12-7-13-35(27,31)32/h3-6,8-11,14,21H,2,7,12-13,15H2,1H3,(H2,25,26,30). The first kappa shape index (κ1) is 24.3. The lowest BCUT2D eigenvalue weighted by Gasteiger charge is -2.29. The van der Waals surface area contributed by atoms with E-state index >= 15 is 0 Å². The van der Waals surface area contributed by atoms with E-state index in [0.29, 0.717) is 24.2 Å². The number of esters is 2. The van der Waals surface area contributed by atoms with Gasteiger partial charge in [-0.15, -0.1) is 0 Å². The summed E-state index contributed by atoms with van der Waals surface area (Å²) in [5.74, 6) is -1.33. The Bertz CT molecular complexity index is 1280. The fraction of sp³-hybridized carbons (Fsp3) is 0.292. The summed E-state index contributed by atoms with van der Waals surface area (Å²) in [5, 5.41) is 5.25. The Morgan fingerprint density at radius 1 is 1.06 bits per heavy atom. The predicted molar refractivity (Wildman–Crippen MR) is 127 cm³/mol. The molecule has 2 aliphatic heterocycles. The molecule has 1 atom stereocenters. The zero-order chi connectivity index (χ0) is 25.0. The molecule has 0 saturated carbocycles. The highest BCUT2D eigenvalue weighted by Gasteiger charge is 2.34. The van der Waals surface area contributed by atoms with Gasteiger partial charge in [-0.25, -0.2) is 22.8 Å². The smallest absolute Gasteiger partial charge is 0.338 e. The third kappa shape index (κ3) is 5.29. The average molecular weight is 500 g/mol. The summed E-state index contributed by atoms with van der Waals surface area (Å²) in [6, 6.07) is 13.7. The highest BCUT2D eigenvalue weighted by molar-refractivity contribution is 7.93. The van der Waals surface area contributed by atoms with Crippen molar-refractivity contribution < 1.29 is 32.3 Å². The molecule has 1 fully saturated rings. The summed E-state index contributed by atoms with van der Waals surface area (Å²) in [4.78, 5) is 37.9. The summed E-state index contributed by atoms with van der Waals surface area (Å²) in [6.45, 7) is 1.74. The van der Waals surface area contributed by atoms with Gasteiger partial charge in [-0.1, -0.05) is 36.4 Å². The number of carbonyl (C=O) groups is 3. The molecule has 0 bridgehead atoms. The maximum Gasteiger partial charge on any atom is 0.338 e. The van der Waals surface area contributed by atoms with Crippen molar-refractivity contribution >= 4 is 33.7 Å². The summed E-state index contributed by atoms with van der Waals surface area (Å²) in [7, 11) is -3.41. The molecule has 2 aromatic carbocycles. The van der Waals surface area contributed by atoms with Crippen molar-refractivity contribution in [3.63, 3.8) is 0 Å². The minimum absolute atomic E-state index is 0.0583. The van der Waals surface area contributed by atoms with Gasteiger partial charge in [-0.3, -0.25) is 4.31 Å². The van der Waals surface area contributed by atoms with E-state index in [1.165, 1.54) is 16.4 Å². The van der Waals surface area contributed by atoms with E-state index in [2.05, 4.69) is 10.6 Å². The molecular weight excluding hydrogens is 474 g/mol. The molecule has 35 heavy (non-hydrogen) atoms. The van der Waals surface area contributed by atoms with Gasteiger partial charge in [0.2, 0.25) is 10.0 Å². The summed E-state index contributed by atoms with van der Waals surface area (Å²) < 4.78 is 36.3. The number of hydrogen-bond acceptors (Lipinski definition) is 7. The second kappa shape index (κ2) is 10.2. The number of sulfonamides is 1. The van der Waals surface area contributed by atoms with E-state index in [9.17, 15) is 22.8 Å². The van der Waals surface area contributed by atoms with Crippen LogP contribution in [0.3, 0.4) is 0 Å². The largest absolute Gasteiger partial charge is 0.463 e. The van der Waals surface area contributed by atoms with Crippen LogP contribution in [0.5, 0.6) is 0 Å². The van der Waals surface area contributed by atoms with E-state index in [1.807, 2.05) is 6.07 Å². The molecule has 1 unspecified atom stereocenters. The first-order chi connectivity index (χ1) is 16.8. The van der Waals surface area contributed by atoms with Gasteiger partial charge in [-0.05, 0) is 37.1 Å². The van der Waals surface area contributed by atoms with Crippen LogP contribution in [0.25, 0.3) is 0 Å². The van der Waals surface area contributed by atoms with Gasteiger partial charge >= 0.3 is 18.0 Å². The highest BCUT2D eigenvalue weighted by atomic mass is 32.2. The number of benzene rings is 2. The van der Waals surface area contributed by atoms with Gasteiger partial charge in [0.15, 0.2) is 0 Å². The van der Waals surface area contributed by atoms with Crippen LogP contribution in [0.1, 0.15) is 35.3 Å². The highest BCUT2D eigenvalue weighted by Crippen LogP contribution is 2.28. The molecule has 2 heterocycles. The van der Waals surface area contributed by atoms with Gasteiger partial charge in [0.1, 0.15) is 6.61 Å². The molecule has 2 N–H and O–H groups in total. The number of nitrogens with zero attached hydrogens (tertiary/aromatic N) is 1. The van der Waals surface area contributed by atoms with Crippen LogP contribution in [-0.2, 0) is 24.3 Å². The van der Waals surface area contributed by atoms with Gasteiger partial charge in [0.25, 0.3) is 0 Å². The van der Waals surface area contributed by atoms with Crippen LogP contribution in [0, 0.1) is 0 Å². The Hall–Kier alpha value is -3.86. The number of anilines is 1. The lowest BCUT2D eigenvalue weighted by Crippen LogP contribution is -2.47. The third-order valence-corrected chi connectivity index (χ3v) is 7.47. The molecule has 0 aromatic heterocycles. The summed E-state index contributed by atoms with van der Waals surface area (Å²) >= 11 is 0. The first-order valence-corrected chi connectivity index (χ1v) is 12.7. The Balaban J connectivity index is 1.59. The van der Waals surface area contributed by atoms with E-state index in [0.717, 1.165) is 0 Å². The molecule has 184 valence electrons. The molecule has 2 amide bonds. The Kier molecular flexibility index (Phi) is 7.06. The van der Waals surface area contributed by atoms with Crippen LogP contribution < -0.4 is 14.9 Å². The molecule has 4 rings (SSSR count). The Morgan fingerprint density at radius 2 is 1.83 bits per heavy atom. The fourth-order valence-electron chi connectivity index (χ4n) is 4.02. The maximum absolute atomic E-state index is 12.8. The number of ether oxygens (including phenoxy) is 2. The predicted octanol–water partition coefficient (Wildman–Crippen LogP) is 2.25. The Morgan fingerprint density at radius 3 is 2.51 bits per heavy atom. The monoisotopic (exact) mass is 499 g/mol. The minimum Gasteiger partial charge on any atom is -0.463 e. The normalized spacial score (nSPS) is 19.1. The lowest BCUT2D eigenvalue weighted by molar-refractivity contribution is -0.139. The van der Waals surface area contributed by atoms with Crippen molar-refractivity contribution in [1.29, 1.82) is 0 Å². The number of nitrogens with one attached hydrogen (secondary N) is 2. The zero-order valence-electron chi connectivity index (χ0n) is 19.0. The number of rotatable bonds is 7. The maximum atomic E-state index is 12.8. The molecule has 1 saturated heterocycles. The number of amides is 2. The van der Waals surface area contributed by atoms with Gasteiger partial charge < -0.3 is 20.1 Å². The minimum atomic E-state index is -3.41. The lowest BCUT2D eigenvalue weighted by atomic mass is 9.95. The average Bonchev–Trinajstić information content (AvgIpc) is 3.21. The van der Waals surface area contributed by atoms with Crippen molar-refractivity contribution in [2.45, 2.75) is 19.4 Å². The number of carbonyl (C=O) groups excluding carboxylic acids is 3. The van der Waals surface area contributed by atoms with Crippen LogP contribution in [-0.4, -0.2) is 51.9 Å². The van der Waals surface area contributed by atoms with Crippen LogP contribution in [0.4, 0.5) is 10.5 Å². The van der Waals surface area contributed by atoms with Crippen molar-refractivity contribution in [3.05, 3.63) is 77.0 Å². The zero-order valence-corrected chi connectivity index (χ0v) is 19.8. The molecule has 10 nitrogen and oxygen atoms in total. The molecular formula is C24H25N3O7S. The van der Waals surface area contributed by atoms with Gasteiger partial charge in [-0.2, -0.15) is 0 Å². The van der Waals surface area contributed by atoms with Crippen molar-refractivity contribution in [2.24, 2.45) is 0 Å². The topological polar surface area (TPSA) is 131 Å². The second-order valence-electron chi connectivity index (χ2n) is 7.92. The van der Waals surface area contributed by atoms with Crippen LogP contribution >= 0.6 is 0 Å². The van der Waals surface area contributed by atoms with E-state index < -0.39 is 40.6 Å². The third-order valence-electron chi connectivity index (χ3n) is 5.60. The fourth-order valence-corrected chi connectivity index (χ4v) is 5.57. The van der Waals surface area contributed by atoms with Gasteiger partial charge in [0, 0.05) is 6.54 Å². The molecule has 0 radical (unpaired) electrons. The second-order valence-corrected chi connectivity index (χ2v) is 9.94. The van der Waals surface area contributed by atoms with Crippen LogP contribution in [0.15, 0.2) is 65.9 Å². The first-order valence-electron chi connectivity index (χ1n) is 11.1. The molecule has 11 heteroatoms. The van der Waals surface area contributed by atoms with Crippen molar-refractivity contribution in [3.8, 4) is 0 Å². The summed E-state index contributed by atoms with van der Waals surface area (Å²) in [6.07, 6.45) is 0.512. The number of hydrogen-bond donors (Lipinski definition) is 2. The van der Waals surface area contributed by atoms with E-state index in [-0.39, 0.29) is 29.2 Å². The quantitative estimate of drug-likeness (QED) is 0.559. The van der Waals surface area contributed by atoms with Crippen molar-refractivity contribution in [2.75, 3.05) is 29.8 Å². The summed E-state index contributed by atoms with van der Waals surface area (Å²) in [5.41, 5.74) is 1.41. The molecule has 0 spiro atoms. The van der Waals surface area contributed by atoms with E-state index in [1.54, 1.807) is 43.3 Å². The molecule has 2 aliphatic rings. The molecule has 0 aliphatic carbocycles. The van der Waals surface area contributed by atoms with Gasteiger partial charge in [0.05, 0.1) is 40.9 Å².